The van der Waals surface area contributed by atoms with E-state index in [0.717, 1.165) is 5.56 Å². The highest BCUT2D eigenvalue weighted by molar-refractivity contribution is 5.40. The van der Waals surface area contributed by atoms with Crippen LogP contribution >= 0.6 is 0 Å². The smallest absolute Gasteiger partial charge is 0.187 e. The molecule has 0 bridgehead atoms. The molecule has 14 nitrogen and oxygen atoms in total. The summed E-state index contributed by atoms with van der Waals surface area (Å²) >= 11 is 0. The molecule has 40 heavy (non-hydrogen) atoms. The average Bonchev–Trinajstić information content (AvgIpc) is 2.96. The van der Waals surface area contributed by atoms with Gasteiger partial charge in [-0.2, -0.15) is 5.06 Å². The molecule has 1 unspecified atom stereocenters. The van der Waals surface area contributed by atoms with Crippen molar-refractivity contribution in [1.82, 2.24) is 5.06 Å². The van der Waals surface area contributed by atoms with Crippen molar-refractivity contribution in [2.24, 2.45) is 0 Å². The number of phenols is 2. The van der Waals surface area contributed by atoms with Gasteiger partial charge in [-0.1, -0.05) is 36.4 Å². The number of ether oxygens (including phenoxy) is 3. The maximum atomic E-state index is 11.1. The van der Waals surface area contributed by atoms with Crippen LogP contribution in [0.1, 0.15) is 11.1 Å². The van der Waals surface area contributed by atoms with Gasteiger partial charge in [0.15, 0.2) is 24.0 Å². The number of phenolic OH excluding ortho intramolecular Hbond substituents is 2. The first-order valence-electron chi connectivity index (χ1n) is 12.7. The molecule has 4 rings (SSSR count). The summed E-state index contributed by atoms with van der Waals surface area (Å²) in [5.41, 5.74) is 1.23. The predicted molar refractivity (Wildman–Crippen MR) is 133 cm³/mol. The second-order valence-corrected chi connectivity index (χ2v) is 9.68. The minimum absolute atomic E-state index is 0.0299. The summed E-state index contributed by atoms with van der Waals surface area (Å²) in [6.07, 6.45) is -15.7. The van der Waals surface area contributed by atoms with E-state index in [-0.39, 0.29) is 24.7 Å². The zero-order chi connectivity index (χ0) is 29.0. The normalized spacial score (nSPS) is 34.7. The minimum atomic E-state index is -1.79. The zero-order valence-corrected chi connectivity index (χ0v) is 21.3. The summed E-state index contributed by atoms with van der Waals surface area (Å²) in [5, 5.41) is 92.8. The number of hydrogen-bond donors (Lipinski definition) is 9. The van der Waals surface area contributed by atoms with Crippen molar-refractivity contribution < 1.29 is 65.0 Å². The standard InChI is InChI=1S/C26H35NO13/c28-10-17-19(32)20(33)23(36)26(39-17)40-24-18(11-29)38-25(22(35)21(24)34)27(37-12-13-4-2-1-3-5-13)9-14-6-7-15(30)16(31)8-14/h1-8,17-26,28-36H,9-12H2/t17-,18-,19+,20+,21-,22-,23-,24-,25?,26+/m1/s1. The topological polar surface area (TPSA) is 222 Å². The number of nitrogens with zero attached hydrogens (tertiary/aromatic N) is 1. The van der Waals surface area contributed by atoms with Crippen LogP contribution in [-0.2, 0) is 32.2 Å². The Hall–Kier alpha value is -2.44. The predicted octanol–water partition coefficient (Wildman–Crippen LogP) is -2.34. The van der Waals surface area contributed by atoms with Crippen molar-refractivity contribution >= 4 is 0 Å². The molecule has 0 aromatic heterocycles. The van der Waals surface area contributed by atoms with E-state index in [1.54, 1.807) is 24.3 Å². The van der Waals surface area contributed by atoms with Crippen molar-refractivity contribution in [2.45, 2.75) is 74.5 Å². The Morgan fingerprint density at radius 3 is 2.05 bits per heavy atom. The van der Waals surface area contributed by atoms with E-state index in [4.69, 9.17) is 19.0 Å². The second kappa shape index (κ2) is 13.5. The van der Waals surface area contributed by atoms with Gasteiger partial charge in [0.1, 0.15) is 48.8 Å². The molecule has 222 valence electrons. The van der Waals surface area contributed by atoms with Crippen LogP contribution in [0, 0.1) is 0 Å². The van der Waals surface area contributed by atoms with Crippen molar-refractivity contribution in [1.29, 1.82) is 0 Å². The van der Waals surface area contributed by atoms with Crippen molar-refractivity contribution in [3.05, 3.63) is 59.7 Å². The van der Waals surface area contributed by atoms with Crippen LogP contribution in [0.5, 0.6) is 11.5 Å². The monoisotopic (exact) mass is 569 g/mol. The lowest BCUT2D eigenvalue weighted by Crippen LogP contribution is -2.66. The van der Waals surface area contributed by atoms with Crippen LogP contribution in [0.15, 0.2) is 48.5 Å². The van der Waals surface area contributed by atoms with Crippen LogP contribution in [-0.4, -0.2) is 126 Å². The molecular formula is C26H35NO13. The molecule has 2 aromatic rings. The van der Waals surface area contributed by atoms with Gasteiger partial charge in [0.05, 0.1) is 26.4 Å². The van der Waals surface area contributed by atoms with Gasteiger partial charge in [-0.15, -0.1) is 0 Å². The maximum absolute atomic E-state index is 11.1. The molecule has 0 saturated carbocycles. The lowest BCUT2D eigenvalue weighted by atomic mass is 9.96. The number of hydroxylamine groups is 2. The van der Waals surface area contributed by atoms with Crippen molar-refractivity contribution in [3.8, 4) is 11.5 Å². The fraction of sp³-hybridized carbons (Fsp3) is 0.538. The summed E-state index contributed by atoms with van der Waals surface area (Å²) in [6, 6.07) is 13.1. The fourth-order valence-electron chi connectivity index (χ4n) is 4.60. The third kappa shape index (κ3) is 6.71. The largest absolute Gasteiger partial charge is 0.504 e. The van der Waals surface area contributed by atoms with Crippen LogP contribution < -0.4 is 0 Å². The van der Waals surface area contributed by atoms with Crippen molar-refractivity contribution in [2.75, 3.05) is 13.2 Å². The van der Waals surface area contributed by atoms with Gasteiger partial charge in [0.25, 0.3) is 0 Å². The molecule has 2 aromatic carbocycles. The third-order valence-electron chi connectivity index (χ3n) is 6.88. The Balaban J connectivity index is 1.54. The van der Waals surface area contributed by atoms with E-state index in [2.05, 4.69) is 0 Å². The summed E-state index contributed by atoms with van der Waals surface area (Å²) in [4.78, 5) is 5.93. The van der Waals surface area contributed by atoms with Crippen LogP contribution in [0.3, 0.4) is 0 Å². The SMILES string of the molecule is OC[C@H]1O[C@@H](O[C@H]2[C@H](O)[C@@H](O)C(N(Cc3ccc(O)c(O)c3)OCc3ccccc3)O[C@@H]2CO)[C@H](O)[C@@H](O)[C@H]1O. The summed E-state index contributed by atoms with van der Waals surface area (Å²) in [6.45, 7) is -1.48. The van der Waals surface area contributed by atoms with Gasteiger partial charge in [-0.25, -0.2) is 0 Å². The third-order valence-corrected chi connectivity index (χ3v) is 6.88. The van der Waals surface area contributed by atoms with Gasteiger partial charge in [0, 0.05) is 0 Å². The number of benzene rings is 2. The lowest BCUT2D eigenvalue weighted by Gasteiger charge is -2.47. The van der Waals surface area contributed by atoms with Crippen LogP contribution in [0.25, 0.3) is 0 Å². The van der Waals surface area contributed by atoms with E-state index >= 15 is 0 Å². The molecule has 0 spiro atoms. The highest BCUT2D eigenvalue weighted by Gasteiger charge is 2.51. The summed E-state index contributed by atoms with van der Waals surface area (Å²) in [7, 11) is 0. The van der Waals surface area contributed by atoms with Gasteiger partial charge >= 0.3 is 0 Å². The first-order valence-corrected chi connectivity index (χ1v) is 12.7. The first kappa shape index (κ1) is 30.5. The molecule has 2 aliphatic rings. The number of aromatic hydroxyl groups is 2. The summed E-state index contributed by atoms with van der Waals surface area (Å²) in [5.74, 6) is -0.717. The van der Waals surface area contributed by atoms with Gasteiger partial charge in [-0.05, 0) is 23.3 Å². The first-order chi connectivity index (χ1) is 19.1. The van der Waals surface area contributed by atoms with Gasteiger partial charge < -0.3 is 60.2 Å². The molecular weight excluding hydrogens is 534 g/mol. The Kier molecular flexibility index (Phi) is 10.3. The Morgan fingerprint density at radius 2 is 1.40 bits per heavy atom. The Labute approximate surface area is 229 Å². The molecule has 0 amide bonds. The highest BCUT2D eigenvalue weighted by atomic mass is 16.7. The second-order valence-electron chi connectivity index (χ2n) is 9.68. The quantitative estimate of drug-likeness (QED) is 0.108. The maximum Gasteiger partial charge on any atom is 0.187 e. The van der Waals surface area contributed by atoms with E-state index < -0.39 is 74.6 Å². The Bertz CT molecular complexity index is 1070. The molecule has 0 aliphatic carbocycles. The molecule has 14 heteroatoms. The fourth-order valence-corrected chi connectivity index (χ4v) is 4.60. The number of rotatable bonds is 10. The molecule has 9 N–H and O–H groups in total. The molecule has 2 fully saturated rings. The van der Waals surface area contributed by atoms with Crippen LogP contribution in [0.2, 0.25) is 0 Å². The van der Waals surface area contributed by atoms with Gasteiger partial charge in [-0.3, -0.25) is 4.84 Å². The van der Waals surface area contributed by atoms with Gasteiger partial charge in [0.2, 0.25) is 0 Å². The van der Waals surface area contributed by atoms with Crippen molar-refractivity contribution in [3.63, 3.8) is 0 Å². The number of aliphatic hydroxyl groups excluding tert-OH is 7. The highest BCUT2D eigenvalue weighted by Crippen LogP contribution is 2.32. The van der Waals surface area contributed by atoms with E-state index in [1.165, 1.54) is 23.3 Å². The molecule has 2 aliphatic heterocycles. The molecule has 10 atom stereocenters. The van der Waals surface area contributed by atoms with E-state index in [1.807, 2.05) is 6.07 Å². The van der Waals surface area contributed by atoms with E-state index in [0.29, 0.717) is 5.56 Å². The molecule has 0 radical (unpaired) electrons. The Morgan fingerprint density at radius 1 is 0.700 bits per heavy atom. The van der Waals surface area contributed by atoms with Crippen LogP contribution in [0.4, 0.5) is 0 Å². The minimum Gasteiger partial charge on any atom is -0.504 e. The number of aliphatic hydroxyl groups is 7. The lowest BCUT2D eigenvalue weighted by molar-refractivity contribution is -0.373. The average molecular weight is 570 g/mol. The number of hydrogen-bond acceptors (Lipinski definition) is 14. The zero-order valence-electron chi connectivity index (χ0n) is 21.3. The molecule has 2 saturated heterocycles. The summed E-state index contributed by atoms with van der Waals surface area (Å²) < 4.78 is 16.8. The molecule has 2 heterocycles. The van der Waals surface area contributed by atoms with E-state index in [9.17, 15) is 46.0 Å².